The van der Waals surface area contributed by atoms with E-state index in [1.54, 1.807) is 14.2 Å². The van der Waals surface area contributed by atoms with Crippen molar-refractivity contribution >= 4 is 34.1 Å². The summed E-state index contributed by atoms with van der Waals surface area (Å²) in [6.07, 6.45) is 7.17. The normalized spacial score (nSPS) is 14.7. The number of nitrogens with one attached hydrogen (secondary N) is 1. The fraction of sp³-hybridized carbons (Fsp3) is 0.500. The quantitative estimate of drug-likeness (QED) is 0.651. The van der Waals surface area contributed by atoms with Crippen LogP contribution in [-0.2, 0) is 4.79 Å². The molecular weight excluding hydrogens is 380 g/mol. The molecule has 0 spiro atoms. The number of rotatable bonds is 8. The Labute approximate surface area is 168 Å². The van der Waals surface area contributed by atoms with E-state index in [0.29, 0.717) is 23.1 Å². The molecule has 1 aliphatic rings. The molecule has 0 unspecified atom stereocenters. The van der Waals surface area contributed by atoms with Crippen molar-refractivity contribution in [2.45, 2.75) is 43.8 Å². The van der Waals surface area contributed by atoms with Crippen LogP contribution in [0.15, 0.2) is 23.6 Å². The third-order valence-electron chi connectivity index (χ3n) is 4.66. The molecular formula is C20H26N2O3S2. The van der Waals surface area contributed by atoms with Gasteiger partial charge in [-0.3, -0.25) is 4.79 Å². The number of nitrogens with zero attached hydrogens (tertiary/aromatic N) is 1. The maximum atomic E-state index is 12.2. The molecule has 1 heterocycles. The van der Waals surface area contributed by atoms with Crippen LogP contribution >= 0.6 is 23.1 Å². The highest BCUT2D eigenvalue weighted by Gasteiger charge is 2.15. The Morgan fingerprint density at radius 3 is 2.74 bits per heavy atom. The van der Waals surface area contributed by atoms with Crippen LogP contribution < -0.4 is 14.8 Å². The first kappa shape index (κ1) is 20.0. The number of anilines is 1. The van der Waals surface area contributed by atoms with Gasteiger partial charge >= 0.3 is 0 Å². The van der Waals surface area contributed by atoms with E-state index in [2.05, 4.69) is 10.3 Å². The molecule has 0 bridgehead atoms. The van der Waals surface area contributed by atoms with Crippen LogP contribution in [0.25, 0.3) is 11.3 Å². The van der Waals surface area contributed by atoms with Crippen molar-refractivity contribution in [2.24, 2.45) is 0 Å². The molecule has 1 fully saturated rings. The number of ether oxygens (including phenoxy) is 2. The summed E-state index contributed by atoms with van der Waals surface area (Å²) in [7, 11) is 3.22. The number of carbonyl (C=O) groups is 1. The van der Waals surface area contributed by atoms with Crippen molar-refractivity contribution in [3.05, 3.63) is 23.6 Å². The highest BCUT2D eigenvalue weighted by Crippen LogP contribution is 2.33. The van der Waals surface area contributed by atoms with Crippen LogP contribution in [0.2, 0.25) is 0 Å². The van der Waals surface area contributed by atoms with Crippen molar-refractivity contribution in [2.75, 3.05) is 25.3 Å². The molecule has 146 valence electrons. The lowest BCUT2D eigenvalue weighted by Gasteiger charge is -2.20. The van der Waals surface area contributed by atoms with E-state index in [4.69, 9.17) is 9.47 Å². The van der Waals surface area contributed by atoms with Gasteiger partial charge in [-0.25, -0.2) is 4.98 Å². The number of aromatic nitrogens is 1. The molecule has 0 atom stereocenters. The largest absolute Gasteiger partial charge is 0.493 e. The van der Waals surface area contributed by atoms with E-state index in [0.717, 1.165) is 22.3 Å². The number of thiazole rings is 1. The maximum absolute atomic E-state index is 12.2. The molecule has 5 nitrogen and oxygen atoms in total. The number of hydrogen-bond acceptors (Lipinski definition) is 6. The molecule has 0 radical (unpaired) electrons. The van der Waals surface area contributed by atoms with Gasteiger partial charge in [0.2, 0.25) is 5.91 Å². The van der Waals surface area contributed by atoms with Gasteiger partial charge in [0.05, 0.1) is 19.9 Å². The number of carbonyl (C=O) groups excluding carboxylic acids is 1. The van der Waals surface area contributed by atoms with Gasteiger partial charge in [-0.05, 0) is 31.0 Å². The predicted octanol–water partition coefficient (Wildman–Crippen LogP) is 5.22. The second-order valence-corrected chi connectivity index (χ2v) is 8.80. The first-order valence-electron chi connectivity index (χ1n) is 9.29. The van der Waals surface area contributed by atoms with Crippen molar-refractivity contribution < 1.29 is 14.3 Å². The Kier molecular flexibility index (Phi) is 7.41. The molecule has 1 N–H and O–H groups in total. The average Bonchev–Trinajstić information content (AvgIpc) is 3.16. The SMILES string of the molecule is COc1ccc(-c2csc(NC(=O)CCSC3CCCCC3)n2)cc1OC. The van der Waals surface area contributed by atoms with Gasteiger partial charge < -0.3 is 14.8 Å². The second-order valence-electron chi connectivity index (χ2n) is 6.54. The van der Waals surface area contributed by atoms with E-state index in [-0.39, 0.29) is 5.91 Å². The first-order chi connectivity index (χ1) is 13.2. The van der Waals surface area contributed by atoms with Crippen LogP contribution in [0.4, 0.5) is 5.13 Å². The molecule has 7 heteroatoms. The summed E-state index contributed by atoms with van der Waals surface area (Å²) in [5, 5.41) is 6.23. The van der Waals surface area contributed by atoms with Gasteiger partial charge in [0.1, 0.15) is 0 Å². The summed E-state index contributed by atoms with van der Waals surface area (Å²) < 4.78 is 10.6. The molecule has 2 aromatic rings. The first-order valence-corrected chi connectivity index (χ1v) is 11.2. The van der Waals surface area contributed by atoms with Crippen LogP contribution in [0, 0.1) is 0 Å². The van der Waals surface area contributed by atoms with E-state index >= 15 is 0 Å². The van der Waals surface area contributed by atoms with Crippen LogP contribution in [0.1, 0.15) is 38.5 Å². The average molecular weight is 407 g/mol. The third kappa shape index (κ3) is 5.62. The zero-order valence-corrected chi connectivity index (χ0v) is 17.5. The molecule has 1 aliphatic carbocycles. The minimum atomic E-state index is 0.0338. The Morgan fingerprint density at radius 1 is 1.22 bits per heavy atom. The smallest absolute Gasteiger partial charge is 0.226 e. The summed E-state index contributed by atoms with van der Waals surface area (Å²) >= 11 is 3.38. The van der Waals surface area contributed by atoms with Crippen molar-refractivity contribution in [3.63, 3.8) is 0 Å². The van der Waals surface area contributed by atoms with Gasteiger partial charge in [-0.15, -0.1) is 11.3 Å². The van der Waals surface area contributed by atoms with Gasteiger partial charge in [0.15, 0.2) is 16.6 Å². The van der Waals surface area contributed by atoms with Gasteiger partial charge in [-0.1, -0.05) is 19.3 Å². The fourth-order valence-electron chi connectivity index (χ4n) is 3.19. The summed E-state index contributed by atoms with van der Waals surface area (Å²) in [6, 6.07) is 5.68. The number of thioether (sulfide) groups is 1. The molecule has 1 aromatic heterocycles. The fourth-order valence-corrected chi connectivity index (χ4v) is 5.23. The Hall–Kier alpha value is -1.73. The molecule has 27 heavy (non-hydrogen) atoms. The molecule has 1 aromatic carbocycles. The summed E-state index contributed by atoms with van der Waals surface area (Å²) in [5.74, 6) is 2.25. The predicted molar refractivity (Wildman–Crippen MR) is 113 cm³/mol. The Balaban J connectivity index is 1.52. The topological polar surface area (TPSA) is 60.5 Å². The van der Waals surface area contributed by atoms with E-state index in [1.807, 2.05) is 35.3 Å². The zero-order valence-electron chi connectivity index (χ0n) is 15.8. The van der Waals surface area contributed by atoms with E-state index in [1.165, 1.54) is 43.4 Å². The highest BCUT2D eigenvalue weighted by atomic mass is 32.2. The Morgan fingerprint density at radius 2 is 2.00 bits per heavy atom. The van der Waals surface area contributed by atoms with Crippen LogP contribution in [0.3, 0.4) is 0 Å². The lowest BCUT2D eigenvalue weighted by Crippen LogP contribution is -2.14. The number of benzene rings is 1. The standard InChI is InChI=1S/C20H26N2O3S2/c1-24-17-9-8-14(12-18(17)25-2)16-13-27-20(21-16)22-19(23)10-11-26-15-6-4-3-5-7-15/h8-9,12-13,15H,3-7,10-11H2,1-2H3,(H,21,22,23). The lowest BCUT2D eigenvalue weighted by atomic mass is 10.0. The molecule has 0 aliphatic heterocycles. The minimum absolute atomic E-state index is 0.0338. The number of hydrogen-bond donors (Lipinski definition) is 1. The molecule has 1 amide bonds. The minimum Gasteiger partial charge on any atom is -0.493 e. The third-order valence-corrected chi connectivity index (χ3v) is 6.81. The number of methoxy groups -OCH3 is 2. The molecule has 3 rings (SSSR count). The van der Waals surface area contributed by atoms with Gasteiger partial charge in [0.25, 0.3) is 0 Å². The van der Waals surface area contributed by atoms with Crippen molar-refractivity contribution in [3.8, 4) is 22.8 Å². The highest BCUT2D eigenvalue weighted by molar-refractivity contribution is 7.99. The summed E-state index contributed by atoms with van der Waals surface area (Å²) in [6.45, 7) is 0. The summed E-state index contributed by atoms with van der Waals surface area (Å²) in [4.78, 5) is 16.7. The maximum Gasteiger partial charge on any atom is 0.226 e. The van der Waals surface area contributed by atoms with Gasteiger partial charge in [0, 0.05) is 28.4 Å². The van der Waals surface area contributed by atoms with Crippen molar-refractivity contribution in [1.82, 2.24) is 4.98 Å². The summed E-state index contributed by atoms with van der Waals surface area (Å²) in [5.41, 5.74) is 1.74. The van der Waals surface area contributed by atoms with Crippen LogP contribution in [0.5, 0.6) is 11.5 Å². The lowest BCUT2D eigenvalue weighted by molar-refractivity contribution is -0.115. The Bertz CT molecular complexity index is 757. The van der Waals surface area contributed by atoms with E-state index in [9.17, 15) is 4.79 Å². The molecule has 0 saturated heterocycles. The van der Waals surface area contributed by atoms with E-state index < -0.39 is 0 Å². The second kappa shape index (κ2) is 9.99. The van der Waals surface area contributed by atoms with Crippen molar-refractivity contribution in [1.29, 1.82) is 0 Å². The van der Waals surface area contributed by atoms with Gasteiger partial charge in [-0.2, -0.15) is 11.8 Å². The zero-order chi connectivity index (χ0) is 19.1. The van der Waals surface area contributed by atoms with Crippen LogP contribution in [-0.4, -0.2) is 36.1 Å². The monoisotopic (exact) mass is 406 g/mol. The molecule has 1 saturated carbocycles. The number of amides is 1.